The molecule has 4 aliphatic rings. The van der Waals surface area contributed by atoms with Gasteiger partial charge in [0.25, 0.3) is 0 Å². The first kappa shape index (κ1) is 21.3. The van der Waals surface area contributed by atoms with Crippen LogP contribution in [-0.4, -0.2) is 7.85 Å². The van der Waals surface area contributed by atoms with Gasteiger partial charge < -0.3 is 0 Å². The highest BCUT2D eigenvalue weighted by Gasteiger charge is 2.31. The van der Waals surface area contributed by atoms with E-state index in [4.69, 9.17) is 7.85 Å². The van der Waals surface area contributed by atoms with Gasteiger partial charge in [-0.15, -0.1) is 0 Å². The minimum atomic E-state index is 0.358. The van der Waals surface area contributed by atoms with Gasteiger partial charge in [0.2, 0.25) is 0 Å². The summed E-state index contributed by atoms with van der Waals surface area (Å²) >= 11 is 0. The molecule has 0 unspecified atom stereocenters. The third-order valence-electron chi connectivity index (χ3n) is 8.53. The highest BCUT2D eigenvalue weighted by Crippen LogP contribution is 2.48. The Morgan fingerprint density at radius 1 is 0.724 bits per heavy atom. The van der Waals surface area contributed by atoms with Crippen molar-refractivity contribution in [3.63, 3.8) is 0 Å². The van der Waals surface area contributed by atoms with Crippen LogP contribution >= 0.6 is 0 Å². The van der Waals surface area contributed by atoms with Gasteiger partial charge in [0.05, 0.1) is 7.85 Å². The standard InChI is InChI=1S/C28H41B/c1-21-16-26(17-21)24-13-12-23(18-24)22-10-9-11-25(19-22)27(20-29)28(2)14-7-5-3-4-6-8-15-28/h1,3-20H2,2H3/b23-22+,27-25-. The quantitative estimate of drug-likeness (QED) is 0.328. The molecule has 156 valence electrons. The Hall–Kier alpha value is -0.975. The molecule has 0 N–H and O–H groups in total. The van der Waals surface area contributed by atoms with E-state index in [-0.39, 0.29) is 0 Å². The van der Waals surface area contributed by atoms with Crippen molar-refractivity contribution in [2.45, 2.75) is 122 Å². The summed E-state index contributed by atoms with van der Waals surface area (Å²) in [5.74, 6) is 0. The van der Waals surface area contributed by atoms with E-state index in [9.17, 15) is 0 Å². The van der Waals surface area contributed by atoms with Gasteiger partial charge in [-0.2, -0.15) is 0 Å². The van der Waals surface area contributed by atoms with Crippen LogP contribution < -0.4 is 0 Å². The fraction of sp³-hybridized carbons (Fsp3) is 0.714. The summed E-state index contributed by atoms with van der Waals surface area (Å²) in [5, 5.41) is 0. The van der Waals surface area contributed by atoms with Crippen LogP contribution in [0, 0.1) is 5.41 Å². The first-order valence-corrected chi connectivity index (χ1v) is 12.6. The van der Waals surface area contributed by atoms with Gasteiger partial charge in [-0.1, -0.05) is 97.4 Å². The molecule has 4 saturated carbocycles. The average Bonchev–Trinajstić information content (AvgIpc) is 3.20. The summed E-state index contributed by atoms with van der Waals surface area (Å²) < 4.78 is 0. The van der Waals surface area contributed by atoms with Crippen molar-refractivity contribution >= 4 is 7.85 Å². The van der Waals surface area contributed by atoms with E-state index < -0.39 is 0 Å². The third kappa shape index (κ3) is 4.86. The Bertz CT molecular complexity index is 709. The Balaban J connectivity index is 1.54. The molecule has 4 fully saturated rings. The van der Waals surface area contributed by atoms with Gasteiger partial charge in [0.1, 0.15) is 0 Å². The fourth-order valence-corrected chi connectivity index (χ4v) is 6.63. The van der Waals surface area contributed by atoms with Gasteiger partial charge in [-0.25, -0.2) is 0 Å². The molecule has 0 heterocycles. The Morgan fingerprint density at radius 3 is 1.93 bits per heavy atom. The van der Waals surface area contributed by atoms with Gasteiger partial charge in [0, 0.05) is 0 Å². The molecule has 0 aromatic carbocycles. The Morgan fingerprint density at radius 2 is 1.31 bits per heavy atom. The van der Waals surface area contributed by atoms with Crippen molar-refractivity contribution < 1.29 is 0 Å². The van der Waals surface area contributed by atoms with E-state index in [2.05, 4.69) is 13.5 Å². The predicted molar refractivity (Wildman–Crippen MR) is 127 cm³/mol. The molecule has 0 aromatic rings. The van der Waals surface area contributed by atoms with Crippen LogP contribution in [0.15, 0.2) is 45.6 Å². The minimum absolute atomic E-state index is 0.358. The van der Waals surface area contributed by atoms with Crippen LogP contribution in [0.5, 0.6) is 0 Å². The maximum Gasteiger partial charge on any atom is 0.0712 e. The van der Waals surface area contributed by atoms with Crippen molar-refractivity contribution in [2.75, 3.05) is 0 Å². The summed E-state index contributed by atoms with van der Waals surface area (Å²) in [4.78, 5) is 0. The molecular weight excluding hydrogens is 347 g/mol. The number of hydrogen-bond acceptors (Lipinski definition) is 0. The van der Waals surface area contributed by atoms with E-state index in [1.165, 1.54) is 115 Å². The monoisotopic (exact) mass is 388 g/mol. The SMILES string of the molecule is [B]C/C(=C1\CCC/C(=C2/CCC(=C3CC(=C)C3)C2)C1)C1(C)CCCCCCCC1. The number of allylic oxidation sites excluding steroid dienone is 7. The summed E-state index contributed by atoms with van der Waals surface area (Å²) in [6, 6.07) is 0. The van der Waals surface area contributed by atoms with E-state index >= 15 is 0 Å². The van der Waals surface area contributed by atoms with Crippen LogP contribution in [0.4, 0.5) is 0 Å². The normalized spacial score (nSPS) is 30.4. The predicted octanol–water partition coefficient (Wildman–Crippen LogP) is 8.71. The van der Waals surface area contributed by atoms with Crippen molar-refractivity contribution in [2.24, 2.45) is 5.41 Å². The second-order valence-corrected chi connectivity index (χ2v) is 10.7. The zero-order valence-corrected chi connectivity index (χ0v) is 19.0. The van der Waals surface area contributed by atoms with E-state index in [0.29, 0.717) is 5.41 Å². The maximum atomic E-state index is 6.46. The van der Waals surface area contributed by atoms with E-state index in [1.54, 1.807) is 33.4 Å². The maximum absolute atomic E-state index is 6.46. The molecule has 4 aliphatic carbocycles. The van der Waals surface area contributed by atoms with Crippen LogP contribution in [0.25, 0.3) is 0 Å². The first-order chi connectivity index (χ1) is 14.1. The van der Waals surface area contributed by atoms with Crippen molar-refractivity contribution in [3.8, 4) is 0 Å². The van der Waals surface area contributed by atoms with Gasteiger partial charge in [-0.3, -0.25) is 0 Å². The van der Waals surface area contributed by atoms with Crippen molar-refractivity contribution in [3.05, 3.63) is 45.6 Å². The first-order valence-electron chi connectivity index (χ1n) is 12.6. The summed E-state index contributed by atoms with van der Waals surface area (Å²) in [5.41, 5.74) is 12.3. The van der Waals surface area contributed by atoms with Crippen molar-refractivity contribution in [1.29, 1.82) is 0 Å². The minimum Gasteiger partial charge on any atom is -0.0992 e. The van der Waals surface area contributed by atoms with E-state index in [1.807, 2.05) is 0 Å². The largest absolute Gasteiger partial charge is 0.0992 e. The fourth-order valence-electron chi connectivity index (χ4n) is 6.63. The zero-order valence-electron chi connectivity index (χ0n) is 19.0. The molecule has 0 bridgehead atoms. The molecule has 0 aromatic heterocycles. The molecule has 0 aliphatic heterocycles. The molecule has 1 heteroatoms. The highest BCUT2D eigenvalue weighted by atomic mass is 14.4. The van der Waals surface area contributed by atoms with Crippen LogP contribution in [-0.2, 0) is 0 Å². The van der Waals surface area contributed by atoms with Crippen molar-refractivity contribution in [1.82, 2.24) is 0 Å². The van der Waals surface area contributed by atoms with Crippen LogP contribution in [0.2, 0.25) is 6.32 Å². The second-order valence-electron chi connectivity index (χ2n) is 10.7. The number of hydrogen-bond donors (Lipinski definition) is 0. The molecule has 0 spiro atoms. The molecule has 0 saturated heterocycles. The summed E-state index contributed by atoms with van der Waals surface area (Å²) in [6.45, 7) is 6.69. The highest BCUT2D eigenvalue weighted by molar-refractivity contribution is 6.10. The lowest BCUT2D eigenvalue weighted by molar-refractivity contribution is 0.314. The molecule has 0 nitrogen and oxygen atoms in total. The molecule has 29 heavy (non-hydrogen) atoms. The molecule has 2 radical (unpaired) electrons. The lowest BCUT2D eigenvalue weighted by Gasteiger charge is -2.36. The molecule has 4 rings (SSSR count). The lowest BCUT2D eigenvalue weighted by Crippen LogP contribution is -2.22. The van der Waals surface area contributed by atoms with Gasteiger partial charge in [-0.05, 0) is 76.0 Å². The van der Waals surface area contributed by atoms with Crippen LogP contribution in [0.3, 0.4) is 0 Å². The van der Waals surface area contributed by atoms with E-state index in [0.717, 1.165) is 6.32 Å². The van der Waals surface area contributed by atoms with Crippen LogP contribution in [0.1, 0.15) is 116 Å². The lowest BCUT2D eigenvalue weighted by atomic mass is 9.66. The Kier molecular flexibility index (Phi) is 6.92. The summed E-state index contributed by atoms with van der Waals surface area (Å²) in [7, 11) is 6.46. The zero-order chi connectivity index (χ0) is 20.3. The molecular formula is C28H41B. The number of rotatable bonds is 2. The third-order valence-corrected chi connectivity index (χ3v) is 8.53. The molecule has 0 amide bonds. The van der Waals surface area contributed by atoms with Gasteiger partial charge in [0.15, 0.2) is 0 Å². The smallest absolute Gasteiger partial charge is 0.0712 e. The molecule has 0 atom stereocenters. The topological polar surface area (TPSA) is 0 Å². The average molecular weight is 388 g/mol. The summed E-state index contributed by atoms with van der Waals surface area (Å²) in [6.07, 6.45) is 23.5. The second kappa shape index (κ2) is 9.44. The van der Waals surface area contributed by atoms with Gasteiger partial charge >= 0.3 is 0 Å². The Labute approximate surface area is 181 Å².